The third-order valence-electron chi connectivity index (χ3n) is 3.20. The zero-order chi connectivity index (χ0) is 12.3. The van der Waals surface area contributed by atoms with Crippen LogP contribution in [0.4, 0.5) is 0 Å². The molecule has 0 aliphatic carbocycles. The molecular formula is C13H17NO3. The van der Waals surface area contributed by atoms with Crippen LogP contribution in [0.3, 0.4) is 0 Å². The number of methoxy groups -OCH3 is 2. The molecule has 1 N–H and O–H groups in total. The second-order valence-corrected chi connectivity index (χ2v) is 4.12. The van der Waals surface area contributed by atoms with E-state index in [1.807, 2.05) is 24.3 Å². The second-order valence-electron chi connectivity index (χ2n) is 4.12. The number of rotatable bonds is 3. The Morgan fingerprint density at radius 3 is 2.59 bits per heavy atom. The van der Waals surface area contributed by atoms with Crippen molar-refractivity contribution < 1.29 is 14.3 Å². The lowest BCUT2D eigenvalue weighted by atomic mass is 9.94. The van der Waals surface area contributed by atoms with Gasteiger partial charge in [-0.2, -0.15) is 0 Å². The topological polar surface area (TPSA) is 47.6 Å². The maximum atomic E-state index is 11.6. The Hall–Kier alpha value is -1.55. The van der Waals surface area contributed by atoms with Gasteiger partial charge in [-0.25, -0.2) is 0 Å². The molecule has 1 aromatic rings. The van der Waals surface area contributed by atoms with Gasteiger partial charge < -0.3 is 14.8 Å². The first-order chi connectivity index (χ1) is 8.26. The van der Waals surface area contributed by atoms with E-state index in [1.165, 1.54) is 7.11 Å². The number of benzene rings is 1. The van der Waals surface area contributed by atoms with Crippen molar-refractivity contribution in [3.63, 3.8) is 0 Å². The molecule has 1 saturated heterocycles. The molecule has 1 heterocycles. The monoisotopic (exact) mass is 235 g/mol. The van der Waals surface area contributed by atoms with Crippen LogP contribution < -0.4 is 10.1 Å². The minimum Gasteiger partial charge on any atom is -0.497 e. The predicted molar refractivity (Wildman–Crippen MR) is 63.9 cm³/mol. The highest BCUT2D eigenvalue weighted by molar-refractivity contribution is 5.74. The summed E-state index contributed by atoms with van der Waals surface area (Å²) in [4.78, 5) is 11.6. The normalized spacial score (nSPS) is 23.4. The summed E-state index contributed by atoms with van der Waals surface area (Å²) in [5, 5.41) is 3.33. The summed E-state index contributed by atoms with van der Waals surface area (Å²) in [5.74, 6) is 0.588. The molecule has 17 heavy (non-hydrogen) atoms. The van der Waals surface area contributed by atoms with Crippen molar-refractivity contribution in [3.8, 4) is 5.75 Å². The second kappa shape index (κ2) is 5.19. The zero-order valence-electron chi connectivity index (χ0n) is 10.1. The molecule has 0 unspecified atom stereocenters. The minimum absolute atomic E-state index is 0.0494. The van der Waals surface area contributed by atoms with Crippen molar-refractivity contribution in [1.29, 1.82) is 0 Å². The standard InChI is InChI=1S/C13H17NO3/c1-16-10-5-3-9(4-6-10)12-11(7-8-14-12)13(15)17-2/h3-6,11-12,14H,7-8H2,1-2H3/t11-,12-/m1/s1. The molecule has 2 rings (SSSR count). The van der Waals surface area contributed by atoms with Gasteiger partial charge in [-0.1, -0.05) is 12.1 Å². The van der Waals surface area contributed by atoms with Crippen molar-refractivity contribution >= 4 is 5.97 Å². The Kier molecular flexibility index (Phi) is 3.64. The fourth-order valence-electron chi connectivity index (χ4n) is 2.27. The van der Waals surface area contributed by atoms with E-state index in [9.17, 15) is 4.79 Å². The van der Waals surface area contributed by atoms with Gasteiger partial charge in [-0.3, -0.25) is 4.79 Å². The maximum Gasteiger partial charge on any atom is 0.310 e. The molecular weight excluding hydrogens is 218 g/mol. The molecule has 0 aromatic heterocycles. The molecule has 0 saturated carbocycles. The number of esters is 1. The van der Waals surface area contributed by atoms with Crippen LogP contribution in [-0.2, 0) is 9.53 Å². The summed E-state index contributed by atoms with van der Waals surface area (Å²) < 4.78 is 9.94. The van der Waals surface area contributed by atoms with E-state index in [0.29, 0.717) is 0 Å². The molecule has 2 atom stereocenters. The van der Waals surface area contributed by atoms with Crippen molar-refractivity contribution in [2.45, 2.75) is 12.5 Å². The predicted octanol–water partition coefficient (Wildman–Crippen LogP) is 1.52. The van der Waals surface area contributed by atoms with Crippen LogP contribution in [0.15, 0.2) is 24.3 Å². The SMILES string of the molecule is COC(=O)[C@@H]1CCN[C@@H]1c1ccc(OC)cc1. The largest absolute Gasteiger partial charge is 0.497 e. The molecule has 4 nitrogen and oxygen atoms in total. The van der Waals surface area contributed by atoms with Crippen molar-refractivity contribution in [2.24, 2.45) is 5.92 Å². The first-order valence-electron chi connectivity index (χ1n) is 5.71. The summed E-state index contributed by atoms with van der Waals surface area (Å²) in [7, 11) is 3.08. The molecule has 0 amide bonds. The molecule has 1 aliphatic heterocycles. The molecule has 0 bridgehead atoms. The lowest BCUT2D eigenvalue weighted by Crippen LogP contribution is -2.24. The van der Waals surface area contributed by atoms with Crippen LogP contribution in [0, 0.1) is 5.92 Å². The summed E-state index contributed by atoms with van der Waals surface area (Å²) in [5.41, 5.74) is 1.10. The average Bonchev–Trinajstić information content (AvgIpc) is 2.87. The maximum absolute atomic E-state index is 11.6. The van der Waals surface area contributed by atoms with Crippen LogP contribution in [0.25, 0.3) is 0 Å². The van der Waals surface area contributed by atoms with E-state index in [0.717, 1.165) is 24.3 Å². The summed E-state index contributed by atoms with van der Waals surface area (Å²) in [6.07, 6.45) is 0.823. The highest BCUT2D eigenvalue weighted by Crippen LogP contribution is 2.31. The van der Waals surface area contributed by atoms with Crippen LogP contribution in [0.5, 0.6) is 5.75 Å². The van der Waals surface area contributed by atoms with Crippen LogP contribution in [0.2, 0.25) is 0 Å². The number of hydrogen-bond donors (Lipinski definition) is 1. The molecule has 1 aliphatic rings. The molecule has 92 valence electrons. The van der Waals surface area contributed by atoms with E-state index in [2.05, 4.69) is 5.32 Å². The number of nitrogens with one attached hydrogen (secondary N) is 1. The Balaban J connectivity index is 2.17. The van der Waals surface area contributed by atoms with Gasteiger partial charge >= 0.3 is 5.97 Å². The Bertz CT molecular complexity index is 388. The van der Waals surface area contributed by atoms with E-state index in [-0.39, 0.29) is 17.9 Å². The molecule has 4 heteroatoms. The zero-order valence-corrected chi connectivity index (χ0v) is 10.1. The van der Waals surface area contributed by atoms with E-state index in [4.69, 9.17) is 9.47 Å². The van der Waals surface area contributed by atoms with Gasteiger partial charge in [0, 0.05) is 6.04 Å². The molecule has 0 radical (unpaired) electrons. The Labute approximate surface area is 101 Å². The van der Waals surface area contributed by atoms with Crippen molar-refractivity contribution in [1.82, 2.24) is 5.32 Å². The van der Waals surface area contributed by atoms with Gasteiger partial charge in [0.05, 0.1) is 20.1 Å². The van der Waals surface area contributed by atoms with E-state index >= 15 is 0 Å². The van der Waals surface area contributed by atoms with Crippen molar-refractivity contribution in [3.05, 3.63) is 29.8 Å². The molecule has 0 spiro atoms. The van der Waals surface area contributed by atoms with Gasteiger partial charge in [0.1, 0.15) is 5.75 Å². The lowest BCUT2D eigenvalue weighted by molar-refractivity contribution is -0.145. The van der Waals surface area contributed by atoms with Gasteiger partial charge in [0.15, 0.2) is 0 Å². The summed E-state index contributed by atoms with van der Waals surface area (Å²) in [6, 6.07) is 7.83. The first kappa shape index (κ1) is 11.9. The smallest absolute Gasteiger partial charge is 0.310 e. The lowest BCUT2D eigenvalue weighted by Gasteiger charge is -2.18. The highest BCUT2D eigenvalue weighted by Gasteiger charge is 2.34. The summed E-state index contributed by atoms with van der Waals surface area (Å²) in [6.45, 7) is 0.844. The fraction of sp³-hybridized carbons (Fsp3) is 0.462. The van der Waals surface area contributed by atoms with E-state index in [1.54, 1.807) is 7.11 Å². The highest BCUT2D eigenvalue weighted by atomic mass is 16.5. The first-order valence-corrected chi connectivity index (χ1v) is 5.71. The van der Waals surface area contributed by atoms with Crippen LogP contribution in [0.1, 0.15) is 18.0 Å². The van der Waals surface area contributed by atoms with Crippen molar-refractivity contribution in [2.75, 3.05) is 20.8 Å². The van der Waals surface area contributed by atoms with E-state index < -0.39 is 0 Å². The third kappa shape index (κ3) is 2.42. The number of carbonyl (C=O) groups is 1. The van der Waals surface area contributed by atoms with Gasteiger partial charge in [-0.15, -0.1) is 0 Å². The average molecular weight is 235 g/mol. The van der Waals surface area contributed by atoms with Crippen LogP contribution >= 0.6 is 0 Å². The third-order valence-corrected chi connectivity index (χ3v) is 3.20. The number of ether oxygens (including phenoxy) is 2. The minimum atomic E-state index is -0.143. The van der Waals surface area contributed by atoms with Gasteiger partial charge in [0.2, 0.25) is 0 Å². The molecule has 1 aromatic carbocycles. The van der Waals surface area contributed by atoms with Gasteiger partial charge in [0.25, 0.3) is 0 Å². The number of hydrogen-bond acceptors (Lipinski definition) is 4. The molecule has 1 fully saturated rings. The summed E-state index contributed by atoms with van der Waals surface area (Å²) >= 11 is 0. The van der Waals surface area contributed by atoms with Crippen LogP contribution in [-0.4, -0.2) is 26.7 Å². The number of carbonyl (C=O) groups excluding carboxylic acids is 1. The quantitative estimate of drug-likeness (QED) is 0.807. The van der Waals surface area contributed by atoms with Gasteiger partial charge in [-0.05, 0) is 30.7 Å². The Morgan fingerprint density at radius 2 is 2.00 bits per heavy atom. The Morgan fingerprint density at radius 1 is 1.29 bits per heavy atom. The fourth-order valence-corrected chi connectivity index (χ4v) is 2.27.